The zero-order valence-electron chi connectivity index (χ0n) is 16.2. The average molecular weight is 365 g/mol. The molecule has 0 saturated carbocycles. The second-order valence-electron chi connectivity index (χ2n) is 7.38. The maximum atomic E-state index is 12.2. The summed E-state index contributed by atoms with van der Waals surface area (Å²) in [6.07, 6.45) is 1.61. The van der Waals surface area contributed by atoms with Crippen LogP contribution in [-0.2, 0) is 22.6 Å². The van der Waals surface area contributed by atoms with E-state index in [0.717, 1.165) is 16.8 Å². The number of nitrogens with one attached hydrogen (secondary N) is 2. The van der Waals surface area contributed by atoms with Gasteiger partial charge in [0.1, 0.15) is 0 Å². The molecule has 2 N–H and O–H groups in total. The van der Waals surface area contributed by atoms with Crippen LogP contribution in [0.3, 0.4) is 0 Å². The van der Waals surface area contributed by atoms with Crippen molar-refractivity contribution >= 4 is 23.2 Å². The molecule has 0 aromatic heterocycles. The number of rotatable bonds is 6. The lowest BCUT2D eigenvalue weighted by atomic mass is 9.89. The standard InChI is InChI=1S/C22H27N3O2/c1-15-12-16(8-10-20(15)25(2)3)14-23-21(26)11-9-18-13-17-6-4-5-7-19(17)24-22(18)27/h4-8,10,12,18H,9,11,13-14H2,1-3H3,(H,23,26)(H,24,27). The Balaban J connectivity index is 1.49. The van der Waals surface area contributed by atoms with Crippen LogP contribution < -0.4 is 15.5 Å². The molecule has 0 spiro atoms. The van der Waals surface area contributed by atoms with Crippen molar-refractivity contribution in [2.24, 2.45) is 5.92 Å². The number of aryl methyl sites for hydroxylation is 1. The number of carbonyl (C=O) groups excluding carboxylic acids is 2. The van der Waals surface area contributed by atoms with Crippen LogP contribution in [0.5, 0.6) is 0 Å². The van der Waals surface area contributed by atoms with E-state index in [4.69, 9.17) is 0 Å². The third-order valence-electron chi connectivity index (χ3n) is 5.06. The Labute approximate surface area is 160 Å². The van der Waals surface area contributed by atoms with Gasteiger partial charge in [-0.2, -0.15) is 0 Å². The van der Waals surface area contributed by atoms with Crippen molar-refractivity contribution in [3.63, 3.8) is 0 Å². The number of fused-ring (bicyclic) bond motifs is 1. The van der Waals surface area contributed by atoms with Crippen LogP contribution in [0.1, 0.15) is 29.5 Å². The second-order valence-corrected chi connectivity index (χ2v) is 7.38. The summed E-state index contributed by atoms with van der Waals surface area (Å²) in [6, 6.07) is 14.0. The van der Waals surface area contributed by atoms with Gasteiger partial charge in [-0.25, -0.2) is 0 Å². The van der Waals surface area contributed by atoms with Crippen LogP contribution in [-0.4, -0.2) is 25.9 Å². The molecule has 1 atom stereocenters. The highest BCUT2D eigenvalue weighted by Gasteiger charge is 2.26. The van der Waals surface area contributed by atoms with Crippen LogP contribution in [0.25, 0.3) is 0 Å². The zero-order chi connectivity index (χ0) is 19.4. The SMILES string of the molecule is Cc1cc(CNC(=O)CCC2Cc3ccccc3NC2=O)ccc1N(C)C. The first-order chi connectivity index (χ1) is 12.9. The van der Waals surface area contributed by atoms with Crippen molar-refractivity contribution < 1.29 is 9.59 Å². The molecule has 1 aliphatic rings. The highest BCUT2D eigenvalue weighted by molar-refractivity contribution is 5.96. The molecule has 1 heterocycles. The Morgan fingerprint density at radius 2 is 2.00 bits per heavy atom. The fourth-order valence-electron chi connectivity index (χ4n) is 3.57. The van der Waals surface area contributed by atoms with E-state index in [2.05, 4.69) is 34.6 Å². The van der Waals surface area contributed by atoms with Gasteiger partial charge in [0.15, 0.2) is 0 Å². The largest absolute Gasteiger partial charge is 0.377 e. The first-order valence-corrected chi connectivity index (χ1v) is 9.36. The second kappa shape index (κ2) is 8.25. The summed E-state index contributed by atoms with van der Waals surface area (Å²) in [5.41, 5.74) is 5.47. The maximum Gasteiger partial charge on any atom is 0.227 e. The zero-order valence-corrected chi connectivity index (χ0v) is 16.2. The molecule has 2 aromatic carbocycles. The quantitative estimate of drug-likeness (QED) is 0.826. The Hall–Kier alpha value is -2.82. The molecule has 5 heteroatoms. The van der Waals surface area contributed by atoms with Gasteiger partial charge in [-0.05, 0) is 48.6 Å². The minimum absolute atomic E-state index is 0.0106. The molecule has 0 bridgehead atoms. The van der Waals surface area contributed by atoms with Crippen LogP contribution in [0, 0.1) is 12.8 Å². The van der Waals surface area contributed by atoms with Gasteiger partial charge in [-0.1, -0.05) is 30.3 Å². The number of hydrogen-bond donors (Lipinski definition) is 2. The van der Waals surface area contributed by atoms with Crippen molar-refractivity contribution in [3.8, 4) is 0 Å². The third-order valence-corrected chi connectivity index (χ3v) is 5.06. The summed E-state index contributed by atoms with van der Waals surface area (Å²) < 4.78 is 0. The van der Waals surface area contributed by atoms with Crippen LogP contribution >= 0.6 is 0 Å². The summed E-state index contributed by atoms with van der Waals surface area (Å²) >= 11 is 0. The van der Waals surface area contributed by atoms with Crippen LogP contribution in [0.2, 0.25) is 0 Å². The highest BCUT2D eigenvalue weighted by atomic mass is 16.2. The Morgan fingerprint density at radius 3 is 2.74 bits per heavy atom. The molecule has 0 aliphatic carbocycles. The third kappa shape index (κ3) is 4.67. The smallest absolute Gasteiger partial charge is 0.227 e. The van der Waals surface area contributed by atoms with Gasteiger partial charge in [0, 0.05) is 44.4 Å². The van der Waals surface area contributed by atoms with Crippen molar-refractivity contribution in [2.75, 3.05) is 24.3 Å². The number of amides is 2. The monoisotopic (exact) mass is 365 g/mol. The number of carbonyl (C=O) groups is 2. The van der Waals surface area contributed by atoms with E-state index >= 15 is 0 Å². The van der Waals surface area contributed by atoms with Crippen molar-refractivity contribution in [3.05, 3.63) is 59.2 Å². The first kappa shape index (κ1) is 19.0. The lowest BCUT2D eigenvalue weighted by Gasteiger charge is -2.24. The topological polar surface area (TPSA) is 61.4 Å². The lowest BCUT2D eigenvalue weighted by molar-refractivity contribution is -0.122. The van der Waals surface area contributed by atoms with E-state index in [0.29, 0.717) is 25.8 Å². The van der Waals surface area contributed by atoms with Crippen molar-refractivity contribution in [1.82, 2.24) is 5.32 Å². The summed E-state index contributed by atoms with van der Waals surface area (Å²) in [7, 11) is 4.03. The van der Waals surface area contributed by atoms with Crippen molar-refractivity contribution in [2.45, 2.75) is 32.7 Å². The van der Waals surface area contributed by atoms with Gasteiger partial charge in [-0.15, -0.1) is 0 Å². The fourth-order valence-corrected chi connectivity index (χ4v) is 3.57. The van der Waals surface area contributed by atoms with Gasteiger partial charge in [-0.3, -0.25) is 9.59 Å². The summed E-state index contributed by atoms with van der Waals surface area (Å²) in [6.45, 7) is 2.58. The lowest BCUT2D eigenvalue weighted by Crippen LogP contribution is -2.31. The van der Waals surface area contributed by atoms with Crippen LogP contribution in [0.15, 0.2) is 42.5 Å². The molecule has 0 radical (unpaired) electrons. The van der Waals surface area contributed by atoms with Crippen LogP contribution in [0.4, 0.5) is 11.4 Å². The minimum Gasteiger partial charge on any atom is -0.377 e. The molecule has 5 nitrogen and oxygen atoms in total. The van der Waals surface area contributed by atoms with E-state index < -0.39 is 0 Å². The number of nitrogens with zero attached hydrogens (tertiary/aromatic N) is 1. The van der Waals surface area contributed by atoms with E-state index in [1.165, 1.54) is 11.3 Å². The van der Waals surface area contributed by atoms with Gasteiger partial charge >= 0.3 is 0 Å². The molecule has 0 fully saturated rings. The van der Waals surface area contributed by atoms with Gasteiger partial charge in [0.05, 0.1) is 0 Å². The van der Waals surface area contributed by atoms with E-state index in [9.17, 15) is 9.59 Å². The van der Waals surface area contributed by atoms with Crippen molar-refractivity contribution in [1.29, 1.82) is 0 Å². The predicted molar refractivity (Wildman–Crippen MR) is 109 cm³/mol. The number of benzene rings is 2. The van der Waals surface area contributed by atoms with Gasteiger partial charge in [0.25, 0.3) is 0 Å². The molecular weight excluding hydrogens is 338 g/mol. The summed E-state index contributed by atoms with van der Waals surface area (Å²) in [4.78, 5) is 26.5. The molecule has 0 saturated heterocycles. The maximum absolute atomic E-state index is 12.2. The molecule has 3 rings (SSSR count). The Kier molecular flexibility index (Phi) is 5.79. The molecule has 2 amide bonds. The minimum atomic E-state index is -0.146. The predicted octanol–water partition coefficient (Wildman–Crippen LogP) is 3.27. The summed E-state index contributed by atoms with van der Waals surface area (Å²) in [5.74, 6) is -0.153. The Bertz CT molecular complexity index is 845. The highest BCUT2D eigenvalue weighted by Crippen LogP contribution is 2.27. The average Bonchev–Trinajstić information content (AvgIpc) is 2.64. The van der Waals surface area contributed by atoms with E-state index in [1.807, 2.05) is 44.4 Å². The van der Waals surface area contributed by atoms with Gasteiger partial charge in [0.2, 0.25) is 11.8 Å². The number of hydrogen-bond acceptors (Lipinski definition) is 3. The number of anilines is 2. The normalized spacial score (nSPS) is 15.7. The first-order valence-electron chi connectivity index (χ1n) is 9.36. The molecule has 2 aromatic rings. The fraction of sp³-hybridized carbons (Fsp3) is 0.364. The number of para-hydroxylation sites is 1. The Morgan fingerprint density at radius 1 is 1.22 bits per heavy atom. The van der Waals surface area contributed by atoms with E-state index in [-0.39, 0.29) is 17.7 Å². The van der Waals surface area contributed by atoms with Gasteiger partial charge < -0.3 is 15.5 Å². The molecule has 1 unspecified atom stereocenters. The summed E-state index contributed by atoms with van der Waals surface area (Å²) in [5, 5.41) is 5.90. The molecule has 142 valence electrons. The molecule has 1 aliphatic heterocycles. The molecular formula is C22H27N3O2. The van der Waals surface area contributed by atoms with E-state index in [1.54, 1.807) is 0 Å². The molecule has 27 heavy (non-hydrogen) atoms.